The van der Waals surface area contributed by atoms with Crippen LogP contribution in [0.1, 0.15) is 0 Å². The lowest BCUT2D eigenvalue weighted by Crippen LogP contribution is -2.00. The Hall–Kier alpha value is -7.82. The van der Waals surface area contributed by atoms with Gasteiger partial charge in [0.05, 0.1) is 11.0 Å². The van der Waals surface area contributed by atoms with Gasteiger partial charge in [-0.05, 0) is 61.5 Å². The van der Waals surface area contributed by atoms with Gasteiger partial charge in [0.1, 0.15) is 0 Å². The van der Waals surface area contributed by atoms with Gasteiger partial charge in [0, 0.05) is 33.0 Å². The molecule has 2 aromatic heterocycles. The first-order valence-electron chi connectivity index (χ1n) is 19.6. The van der Waals surface area contributed by atoms with Gasteiger partial charge in [0.2, 0.25) is 0 Å². The minimum atomic E-state index is 0.617. The van der Waals surface area contributed by atoms with E-state index in [2.05, 4.69) is 194 Å². The molecule has 58 heavy (non-hydrogen) atoms. The largest absolute Gasteiger partial charge is 0.248 e. The Morgan fingerprint density at radius 3 is 0.966 bits per heavy atom. The molecule has 270 valence electrons. The van der Waals surface area contributed by atoms with Gasteiger partial charge in [0.25, 0.3) is 0 Å². The zero-order chi connectivity index (χ0) is 38.4. The molecule has 0 aliphatic heterocycles. The fourth-order valence-corrected chi connectivity index (χ4v) is 8.21. The molecule has 9 aromatic carbocycles. The predicted molar refractivity (Wildman–Crippen MR) is 240 cm³/mol. The third kappa shape index (κ3) is 5.96. The highest BCUT2D eigenvalue weighted by Crippen LogP contribution is 2.42. The predicted octanol–water partition coefficient (Wildman–Crippen LogP) is 13.9. The van der Waals surface area contributed by atoms with Crippen LogP contribution >= 0.6 is 0 Å². The SMILES string of the molecule is c1ccc(-c2ccc(-c3nc(-c4ccc(-c5ccccc5)cc4)nc(-c4ccc(-c5c6c(ccc7ccccc76)nc6ccc7ccccc7c56)cc4)n3)cc2)cc1. The van der Waals surface area contributed by atoms with Crippen molar-refractivity contribution in [3.05, 3.63) is 206 Å². The number of aromatic nitrogens is 4. The van der Waals surface area contributed by atoms with Gasteiger partial charge < -0.3 is 0 Å². The molecular formula is C54H34N4. The smallest absolute Gasteiger partial charge is 0.164 e. The van der Waals surface area contributed by atoms with E-state index in [0.717, 1.165) is 55.2 Å². The Balaban J connectivity index is 1.07. The average molecular weight is 739 g/mol. The van der Waals surface area contributed by atoms with E-state index < -0.39 is 0 Å². The van der Waals surface area contributed by atoms with Crippen LogP contribution in [0.25, 0.3) is 111 Å². The summed E-state index contributed by atoms with van der Waals surface area (Å²) < 4.78 is 0. The molecule has 0 aliphatic rings. The summed E-state index contributed by atoms with van der Waals surface area (Å²) in [6.45, 7) is 0. The van der Waals surface area contributed by atoms with E-state index in [1.54, 1.807) is 0 Å². The summed E-state index contributed by atoms with van der Waals surface area (Å²) in [4.78, 5) is 20.5. The fourth-order valence-electron chi connectivity index (χ4n) is 8.21. The van der Waals surface area contributed by atoms with Gasteiger partial charge in [-0.3, -0.25) is 0 Å². The molecule has 4 nitrogen and oxygen atoms in total. The van der Waals surface area contributed by atoms with Crippen molar-refractivity contribution in [2.45, 2.75) is 0 Å². The summed E-state index contributed by atoms with van der Waals surface area (Å²) in [5.74, 6) is 1.87. The summed E-state index contributed by atoms with van der Waals surface area (Å²) in [7, 11) is 0. The number of hydrogen-bond acceptors (Lipinski definition) is 4. The van der Waals surface area contributed by atoms with Gasteiger partial charge >= 0.3 is 0 Å². The lowest BCUT2D eigenvalue weighted by Gasteiger charge is -2.16. The number of fused-ring (bicyclic) bond motifs is 6. The molecular weight excluding hydrogens is 705 g/mol. The quantitative estimate of drug-likeness (QED) is 0.126. The second-order valence-corrected chi connectivity index (χ2v) is 14.6. The van der Waals surface area contributed by atoms with Crippen molar-refractivity contribution in [3.63, 3.8) is 0 Å². The van der Waals surface area contributed by atoms with E-state index in [0.29, 0.717) is 17.5 Å². The molecule has 0 atom stereocenters. The van der Waals surface area contributed by atoms with Crippen molar-refractivity contribution in [3.8, 4) is 67.5 Å². The van der Waals surface area contributed by atoms with Crippen molar-refractivity contribution in [2.75, 3.05) is 0 Å². The second-order valence-electron chi connectivity index (χ2n) is 14.6. The van der Waals surface area contributed by atoms with Gasteiger partial charge in [-0.1, -0.05) is 194 Å². The molecule has 0 N–H and O–H groups in total. The first-order chi connectivity index (χ1) is 28.7. The minimum Gasteiger partial charge on any atom is -0.248 e. The van der Waals surface area contributed by atoms with Crippen LogP contribution in [0, 0.1) is 0 Å². The van der Waals surface area contributed by atoms with Crippen LogP contribution in [0.2, 0.25) is 0 Å². The maximum atomic E-state index is 5.22. The summed E-state index contributed by atoms with van der Waals surface area (Å²) >= 11 is 0. The molecule has 0 spiro atoms. The first-order valence-corrected chi connectivity index (χ1v) is 19.6. The van der Waals surface area contributed by atoms with Crippen LogP contribution in [-0.4, -0.2) is 19.9 Å². The molecule has 2 heterocycles. The zero-order valence-electron chi connectivity index (χ0n) is 31.4. The Bertz CT molecular complexity index is 3090. The molecule has 0 fully saturated rings. The van der Waals surface area contributed by atoms with Crippen molar-refractivity contribution in [1.82, 2.24) is 19.9 Å². The molecule has 0 bridgehead atoms. The van der Waals surface area contributed by atoms with Crippen LogP contribution in [0.15, 0.2) is 206 Å². The third-order valence-corrected chi connectivity index (χ3v) is 11.1. The topological polar surface area (TPSA) is 51.6 Å². The van der Waals surface area contributed by atoms with E-state index in [-0.39, 0.29) is 0 Å². The highest BCUT2D eigenvalue weighted by molar-refractivity contribution is 6.25. The zero-order valence-corrected chi connectivity index (χ0v) is 31.4. The third-order valence-electron chi connectivity index (χ3n) is 11.1. The maximum absolute atomic E-state index is 5.22. The molecule has 11 aromatic rings. The first kappa shape index (κ1) is 33.5. The monoisotopic (exact) mass is 738 g/mol. The van der Waals surface area contributed by atoms with E-state index in [1.165, 1.54) is 38.2 Å². The Labute approximate surface area is 335 Å². The highest BCUT2D eigenvalue weighted by atomic mass is 15.0. The van der Waals surface area contributed by atoms with Crippen LogP contribution < -0.4 is 0 Å². The number of rotatable bonds is 6. The van der Waals surface area contributed by atoms with Crippen LogP contribution in [-0.2, 0) is 0 Å². The molecule has 0 amide bonds. The lowest BCUT2D eigenvalue weighted by atomic mass is 9.90. The minimum absolute atomic E-state index is 0.617. The maximum Gasteiger partial charge on any atom is 0.164 e. The van der Waals surface area contributed by atoms with Crippen LogP contribution in [0.5, 0.6) is 0 Å². The lowest BCUT2D eigenvalue weighted by molar-refractivity contribution is 1.07. The molecule has 0 unspecified atom stereocenters. The van der Waals surface area contributed by atoms with Gasteiger partial charge in [-0.2, -0.15) is 0 Å². The molecule has 11 rings (SSSR count). The summed E-state index contributed by atoms with van der Waals surface area (Å²) in [6.07, 6.45) is 0. The van der Waals surface area contributed by atoms with Crippen LogP contribution in [0.3, 0.4) is 0 Å². The highest BCUT2D eigenvalue weighted by Gasteiger charge is 2.18. The summed E-state index contributed by atoms with van der Waals surface area (Å²) in [5, 5.41) is 7.05. The Kier molecular flexibility index (Phi) is 8.11. The van der Waals surface area contributed by atoms with E-state index in [9.17, 15) is 0 Å². The van der Waals surface area contributed by atoms with Crippen molar-refractivity contribution < 1.29 is 0 Å². The average Bonchev–Trinajstić information content (AvgIpc) is 3.31. The van der Waals surface area contributed by atoms with E-state index in [4.69, 9.17) is 19.9 Å². The van der Waals surface area contributed by atoms with Crippen LogP contribution in [0.4, 0.5) is 0 Å². The molecule has 0 radical (unpaired) electrons. The fraction of sp³-hybridized carbons (Fsp3) is 0. The van der Waals surface area contributed by atoms with Gasteiger partial charge in [-0.15, -0.1) is 0 Å². The summed E-state index contributed by atoms with van der Waals surface area (Å²) in [6, 6.07) is 72.3. The number of benzene rings is 9. The normalized spacial score (nSPS) is 11.4. The van der Waals surface area contributed by atoms with Crippen molar-refractivity contribution >= 4 is 43.4 Å². The molecule has 0 aliphatic carbocycles. The van der Waals surface area contributed by atoms with Crippen molar-refractivity contribution in [1.29, 1.82) is 0 Å². The van der Waals surface area contributed by atoms with Crippen molar-refractivity contribution in [2.24, 2.45) is 0 Å². The molecule has 0 saturated heterocycles. The van der Waals surface area contributed by atoms with Gasteiger partial charge in [0.15, 0.2) is 17.5 Å². The standard InChI is InChI=1S/C54H34N4/c1-3-11-35(12-4-1)37-19-25-42(26-20-37)52-56-53(43-27-21-38(22-28-43)36-13-5-2-6-14-36)58-54(57-52)44-29-23-41(24-30-44)49-50-45-17-9-7-15-39(45)31-33-47(50)55-48-34-32-40-16-8-10-18-46(40)51(48)49/h1-34H. The second kappa shape index (κ2) is 14.0. The Morgan fingerprint density at radius 2 is 0.552 bits per heavy atom. The van der Waals surface area contributed by atoms with E-state index in [1.807, 2.05) is 12.1 Å². The molecule has 0 saturated carbocycles. The van der Waals surface area contributed by atoms with E-state index >= 15 is 0 Å². The number of nitrogens with zero attached hydrogens (tertiary/aromatic N) is 4. The number of pyridine rings is 1. The van der Waals surface area contributed by atoms with Gasteiger partial charge in [-0.25, -0.2) is 19.9 Å². The summed E-state index contributed by atoms with van der Waals surface area (Å²) in [5.41, 5.74) is 11.6. The Morgan fingerprint density at radius 1 is 0.224 bits per heavy atom. The number of hydrogen-bond donors (Lipinski definition) is 0. The molecule has 4 heteroatoms.